The van der Waals surface area contributed by atoms with Crippen LogP contribution in [0.25, 0.3) is 0 Å². The highest BCUT2D eigenvalue weighted by Gasteiger charge is 2.32. The molecule has 3 rings (SSSR count). The van der Waals surface area contributed by atoms with Gasteiger partial charge in [0, 0.05) is 28.8 Å². The minimum Gasteiger partial charge on any atom is -0.326 e. The van der Waals surface area contributed by atoms with Crippen molar-refractivity contribution in [3.05, 3.63) is 63.6 Å². The highest BCUT2D eigenvalue weighted by atomic mass is 35.5. The Kier molecular flexibility index (Phi) is 6.65. The molecule has 0 bridgehead atoms. The van der Waals surface area contributed by atoms with Gasteiger partial charge in [0.2, 0.25) is 15.9 Å². The molecule has 1 fully saturated rings. The largest absolute Gasteiger partial charge is 0.326 e. The summed E-state index contributed by atoms with van der Waals surface area (Å²) in [7, 11) is -3.53. The van der Waals surface area contributed by atoms with E-state index in [1.807, 2.05) is 13.0 Å². The number of nitrogens with one attached hydrogen (secondary N) is 1. The third-order valence-corrected chi connectivity index (χ3v) is 7.28. The number of carbonyl (C=O) groups is 1. The third-order valence-electron chi connectivity index (χ3n) is 4.83. The first-order valence-corrected chi connectivity index (χ1v) is 11.4. The van der Waals surface area contributed by atoms with E-state index in [-0.39, 0.29) is 18.2 Å². The maximum atomic E-state index is 12.8. The second-order valence-electron chi connectivity index (χ2n) is 7.04. The fourth-order valence-electron chi connectivity index (χ4n) is 3.25. The maximum Gasteiger partial charge on any atom is 0.228 e. The van der Waals surface area contributed by atoms with Crippen molar-refractivity contribution in [3.8, 4) is 0 Å². The number of rotatable bonds is 5. The van der Waals surface area contributed by atoms with Gasteiger partial charge in [-0.1, -0.05) is 41.4 Å². The van der Waals surface area contributed by atoms with Crippen molar-refractivity contribution >= 4 is 44.8 Å². The first kappa shape index (κ1) is 21.1. The Morgan fingerprint density at radius 1 is 1.21 bits per heavy atom. The Morgan fingerprint density at radius 3 is 2.71 bits per heavy atom. The Bertz CT molecular complexity index is 979. The molecule has 1 amide bonds. The molecule has 0 unspecified atom stereocenters. The van der Waals surface area contributed by atoms with Gasteiger partial charge in [-0.05, 0) is 55.2 Å². The van der Waals surface area contributed by atoms with Crippen LogP contribution in [0.15, 0.2) is 42.5 Å². The van der Waals surface area contributed by atoms with E-state index in [1.165, 1.54) is 4.31 Å². The number of nitrogens with zero attached hydrogens (tertiary/aromatic N) is 1. The molecular weight excluding hydrogens is 419 g/mol. The van der Waals surface area contributed by atoms with Gasteiger partial charge in [0.15, 0.2) is 0 Å². The second-order valence-corrected chi connectivity index (χ2v) is 9.85. The van der Waals surface area contributed by atoms with Gasteiger partial charge in [0.1, 0.15) is 0 Å². The van der Waals surface area contributed by atoms with E-state index < -0.39 is 15.9 Å². The zero-order valence-electron chi connectivity index (χ0n) is 15.5. The molecule has 0 aromatic heterocycles. The molecule has 0 aliphatic carbocycles. The number of piperidine rings is 1. The molecule has 2 aromatic carbocycles. The van der Waals surface area contributed by atoms with Crippen molar-refractivity contribution in [3.63, 3.8) is 0 Å². The Balaban J connectivity index is 1.67. The summed E-state index contributed by atoms with van der Waals surface area (Å²) in [6.45, 7) is 2.48. The molecule has 2 aromatic rings. The average molecular weight is 441 g/mol. The van der Waals surface area contributed by atoms with Crippen LogP contribution in [-0.2, 0) is 20.6 Å². The number of aryl methyl sites for hydroxylation is 1. The van der Waals surface area contributed by atoms with Gasteiger partial charge in [-0.25, -0.2) is 12.7 Å². The van der Waals surface area contributed by atoms with Crippen molar-refractivity contribution in [2.45, 2.75) is 25.5 Å². The number of benzene rings is 2. The van der Waals surface area contributed by atoms with Crippen molar-refractivity contribution in [1.82, 2.24) is 4.31 Å². The summed E-state index contributed by atoms with van der Waals surface area (Å²) in [5.41, 5.74) is 2.17. The van der Waals surface area contributed by atoms with Crippen LogP contribution in [0.4, 0.5) is 5.69 Å². The Hall–Kier alpha value is -1.60. The van der Waals surface area contributed by atoms with E-state index in [0.29, 0.717) is 40.7 Å². The molecule has 8 heteroatoms. The quantitative estimate of drug-likeness (QED) is 0.744. The van der Waals surface area contributed by atoms with Gasteiger partial charge in [0.25, 0.3) is 0 Å². The van der Waals surface area contributed by atoms with Crippen LogP contribution in [0.3, 0.4) is 0 Å². The molecule has 1 heterocycles. The minimum atomic E-state index is -3.53. The normalized spacial score (nSPS) is 18.0. The monoisotopic (exact) mass is 440 g/mol. The molecule has 150 valence electrons. The zero-order valence-corrected chi connectivity index (χ0v) is 17.8. The lowest BCUT2D eigenvalue weighted by molar-refractivity contribution is -0.120. The van der Waals surface area contributed by atoms with Gasteiger partial charge < -0.3 is 5.32 Å². The highest BCUT2D eigenvalue weighted by Crippen LogP contribution is 2.25. The SMILES string of the molecule is Cc1ccc(NC(=O)[C@@H]2CCCN(S(=O)(=O)Cc3cccc(Cl)c3)C2)cc1Cl. The number of carbonyl (C=O) groups excluding carboxylic acids is 1. The van der Waals surface area contributed by atoms with Crippen molar-refractivity contribution < 1.29 is 13.2 Å². The number of halogens is 2. The standard InChI is InChI=1S/C20H22Cl2N2O3S/c1-14-7-8-18(11-19(14)22)23-20(25)16-5-3-9-24(12-16)28(26,27)13-15-4-2-6-17(21)10-15/h2,4,6-8,10-11,16H,3,5,9,12-13H2,1H3,(H,23,25)/t16-/m1/s1. The van der Waals surface area contributed by atoms with Crippen LogP contribution in [0.1, 0.15) is 24.0 Å². The summed E-state index contributed by atoms with van der Waals surface area (Å²) in [6.07, 6.45) is 1.29. The first-order valence-electron chi connectivity index (χ1n) is 9.04. The predicted molar refractivity (Wildman–Crippen MR) is 113 cm³/mol. The number of amides is 1. The Morgan fingerprint density at radius 2 is 2.00 bits per heavy atom. The summed E-state index contributed by atoms with van der Waals surface area (Å²) in [6, 6.07) is 12.1. The highest BCUT2D eigenvalue weighted by molar-refractivity contribution is 7.88. The summed E-state index contributed by atoms with van der Waals surface area (Å²) < 4.78 is 27.0. The zero-order chi connectivity index (χ0) is 20.3. The van der Waals surface area contributed by atoms with Gasteiger partial charge in [-0.2, -0.15) is 0 Å². The van der Waals surface area contributed by atoms with Crippen LogP contribution < -0.4 is 5.32 Å². The summed E-state index contributed by atoms with van der Waals surface area (Å²) in [5, 5.41) is 3.92. The van der Waals surface area contributed by atoms with E-state index in [2.05, 4.69) is 5.32 Å². The van der Waals surface area contributed by atoms with Crippen LogP contribution in [0, 0.1) is 12.8 Å². The topological polar surface area (TPSA) is 66.5 Å². The van der Waals surface area contributed by atoms with E-state index in [9.17, 15) is 13.2 Å². The fraction of sp³-hybridized carbons (Fsp3) is 0.350. The molecule has 5 nitrogen and oxygen atoms in total. The smallest absolute Gasteiger partial charge is 0.228 e. The molecule has 1 atom stereocenters. The molecule has 0 radical (unpaired) electrons. The molecule has 0 spiro atoms. The molecule has 28 heavy (non-hydrogen) atoms. The first-order chi connectivity index (χ1) is 13.2. The van der Waals surface area contributed by atoms with Crippen LogP contribution in [0.2, 0.25) is 10.0 Å². The molecule has 0 saturated carbocycles. The van der Waals surface area contributed by atoms with E-state index >= 15 is 0 Å². The van der Waals surface area contributed by atoms with Crippen molar-refractivity contribution in [2.24, 2.45) is 5.92 Å². The lowest BCUT2D eigenvalue weighted by Gasteiger charge is -2.31. The lowest BCUT2D eigenvalue weighted by Crippen LogP contribution is -2.44. The molecule has 1 aliphatic heterocycles. The van der Waals surface area contributed by atoms with E-state index in [0.717, 1.165) is 5.56 Å². The van der Waals surface area contributed by atoms with Crippen molar-refractivity contribution in [2.75, 3.05) is 18.4 Å². The molecule has 1 aliphatic rings. The van der Waals surface area contributed by atoms with Gasteiger partial charge in [0.05, 0.1) is 11.7 Å². The minimum absolute atomic E-state index is 0.129. The second kappa shape index (κ2) is 8.82. The van der Waals surface area contributed by atoms with Crippen LogP contribution >= 0.6 is 23.2 Å². The molecule has 1 N–H and O–H groups in total. The van der Waals surface area contributed by atoms with Crippen molar-refractivity contribution in [1.29, 1.82) is 0 Å². The summed E-state index contributed by atoms with van der Waals surface area (Å²) in [4.78, 5) is 12.6. The van der Waals surface area contributed by atoms with Gasteiger partial charge in [-0.3, -0.25) is 4.79 Å². The van der Waals surface area contributed by atoms with Crippen LogP contribution in [0.5, 0.6) is 0 Å². The number of anilines is 1. The van der Waals surface area contributed by atoms with Gasteiger partial charge in [-0.15, -0.1) is 0 Å². The summed E-state index contributed by atoms with van der Waals surface area (Å²) in [5.74, 6) is -0.722. The van der Waals surface area contributed by atoms with Crippen LogP contribution in [-0.4, -0.2) is 31.7 Å². The number of hydrogen-bond acceptors (Lipinski definition) is 3. The average Bonchev–Trinajstić information content (AvgIpc) is 2.64. The van der Waals surface area contributed by atoms with E-state index in [1.54, 1.807) is 36.4 Å². The van der Waals surface area contributed by atoms with Gasteiger partial charge >= 0.3 is 0 Å². The maximum absolute atomic E-state index is 12.8. The third kappa shape index (κ3) is 5.26. The number of sulfonamides is 1. The predicted octanol–water partition coefficient (Wildman–Crippen LogP) is 4.48. The van der Waals surface area contributed by atoms with E-state index in [4.69, 9.17) is 23.2 Å². The molecule has 1 saturated heterocycles. The number of hydrogen-bond donors (Lipinski definition) is 1. The Labute approximate surface area is 175 Å². The lowest BCUT2D eigenvalue weighted by atomic mass is 9.98. The molecular formula is C20H22Cl2N2O3S. The summed E-state index contributed by atoms with van der Waals surface area (Å²) >= 11 is 12.1. The fourth-order valence-corrected chi connectivity index (χ4v) is 5.24.